The number of halogens is 1. The molecule has 0 saturated carbocycles. The van der Waals surface area contributed by atoms with Crippen LogP contribution in [0.15, 0.2) is 96.0 Å². The molecule has 0 aliphatic carbocycles. The standard InChI is InChI=1S/C33H30FNO5S/c1-21(2)41(38,39)32-27(19-23-12-14-25(15-13-23)33(36)37)31-29(35(32)26-16-17-28(34)22(3)18-26)10-7-11-30(31)40-20-24-8-5-4-6-9-24/h4-18,21H,19-20H2,1-3H3,(H,36,37). The van der Waals surface area contributed by atoms with E-state index >= 15 is 0 Å². The third-order valence-corrected chi connectivity index (χ3v) is 9.33. The summed E-state index contributed by atoms with van der Waals surface area (Å²) >= 11 is 0. The Hall–Kier alpha value is -4.43. The molecule has 0 bridgehead atoms. The van der Waals surface area contributed by atoms with Crippen molar-refractivity contribution < 1.29 is 27.4 Å². The molecule has 0 amide bonds. The van der Waals surface area contributed by atoms with E-state index in [4.69, 9.17) is 4.74 Å². The van der Waals surface area contributed by atoms with Crippen molar-refractivity contribution in [1.82, 2.24) is 4.57 Å². The fraction of sp³-hybridized carbons (Fsp3) is 0.182. The van der Waals surface area contributed by atoms with E-state index in [0.717, 1.165) is 11.1 Å². The molecule has 1 heterocycles. The predicted molar refractivity (Wildman–Crippen MR) is 157 cm³/mol. The highest BCUT2D eigenvalue weighted by Gasteiger charge is 2.32. The SMILES string of the molecule is Cc1cc(-n2c(S(=O)(=O)C(C)C)c(Cc3ccc(C(=O)O)cc3)c3c(OCc4ccccc4)cccc32)ccc1F. The van der Waals surface area contributed by atoms with E-state index in [1.807, 2.05) is 48.5 Å². The van der Waals surface area contributed by atoms with Crippen LogP contribution in [-0.2, 0) is 22.9 Å². The van der Waals surface area contributed by atoms with E-state index in [2.05, 4.69) is 0 Å². The van der Waals surface area contributed by atoms with Gasteiger partial charge in [-0.3, -0.25) is 4.57 Å². The van der Waals surface area contributed by atoms with Crippen molar-refractivity contribution in [3.8, 4) is 11.4 Å². The summed E-state index contributed by atoms with van der Waals surface area (Å²) in [4.78, 5) is 11.4. The van der Waals surface area contributed by atoms with Gasteiger partial charge in [-0.15, -0.1) is 0 Å². The third-order valence-electron chi connectivity index (χ3n) is 7.12. The molecular formula is C33H30FNO5S. The minimum atomic E-state index is -3.88. The molecule has 4 aromatic carbocycles. The molecule has 5 aromatic rings. The van der Waals surface area contributed by atoms with Crippen LogP contribution in [0, 0.1) is 12.7 Å². The van der Waals surface area contributed by atoms with Crippen molar-refractivity contribution in [2.75, 3.05) is 0 Å². The smallest absolute Gasteiger partial charge is 0.335 e. The lowest BCUT2D eigenvalue weighted by Gasteiger charge is -2.16. The van der Waals surface area contributed by atoms with E-state index in [-0.39, 0.29) is 29.4 Å². The number of rotatable bonds is 9. The predicted octanol–water partition coefficient (Wildman–Crippen LogP) is 7.13. The normalized spacial score (nSPS) is 11.7. The zero-order valence-corrected chi connectivity index (χ0v) is 23.8. The van der Waals surface area contributed by atoms with Crippen LogP contribution in [0.3, 0.4) is 0 Å². The second-order valence-electron chi connectivity index (χ2n) is 10.2. The number of ether oxygens (including phenoxy) is 1. The van der Waals surface area contributed by atoms with E-state index < -0.39 is 21.1 Å². The molecule has 0 radical (unpaired) electrons. The van der Waals surface area contributed by atoms with Crippen LogP contribution in [-0.4, -0.2) is 29.3 Å². The summed E-state index contributed by atoms with van der Waals surface area (Å²) in [5, 5.41) is 9.35. The van der Waals surface area contributed by atoms with E-state index in [1.54, 1.807) is 49.6 Å². The Balaban J connectivity index is 1.81. The maximum atomic E-state index is 14.3. The van der Waals surface area contributed by atoms with Gasteiger partial charge in [0.05, 0.1) is 16.3 Å². The summed E-state index contributed by atoms with van der Waals surface area (Å²) in [6.07, 6.45) is 0.205. The third kappa shape index (κ3) is 5.47. The number of aromatic nitrogens is 1. The second-order valence-corrected chi connectivity index (χ2v) is 12.7. The van der Waals surface area contributed by atoms with Crippen molar-refractivity contribution in [3.63, 3.8) is 0 Å². The summed E-state index contributed by atoms with van der Waals surface area (Å²) < 4.78 is 50.5. The van der Waals surface area contributed by atoms with Crippen LogP contribution >= 0.6 is 0 Å². The van der Waals surface area contributed by atoms with Gasteiger partial charge in [-0.25, -0.2) is 17.6 Å². The zero-order valence-electron chi connectivity index (χ0n) is 23.0. The molecule has 41 heavy (non-hydrogen) atoms. The minimum Gasteiger partial charge on any atom is -0.488 e. The molecule has 0 unspecified atom stereocenters. The molecule has 6 nitrogen and oxygen atoms in total. The number of carbonyl (C=O) groups is 1. The number of hydrogen-bond donors (Lipinski definition) is 1. The summed E-state index contributed by atoms with van der Waals surface area (Å²) in [6, 6.07) is 26.1. The fourth-order valence-electron chi connectivity index (χ4n) is 4.90. The molecule has 1 N–H and O–H groups in total. The Bertz CT molecular complexity index is 1840. The van der Waals surface area contributed by atoms with Gasteiger partial charge in [0, 0.05) is 23.1 Å². The van der Waals surface area contributed by atoms with Crippen molar-refractivity contribution in [1.29, 1.82) is 0 Å². The Labute approximate surface area is 238 Å². The van der Waals surface area contributed by atoms with Crippen molar-refractivity contribution in [2.45, 2.75) is 44.1 Å². The van der Waals surface area contributed by atoms with Crippen LogP contribution in [0.1, 0.15) is 46.5 Å². The first-order chi connectivity index (χ1) is 19.6. The average Bonchev–Trinajstić information content (AvgIpc) is 3.29. The monoisotopic (exact) mass is 571 g/mol. The number of aryl methyl sites for hydroxylation is 1. The van der Waals surface area contributed by atoms with Crippen LogP contribution in [0.4, 0.5) is 4.39 Å². The number of nitrogens with zero attached hydrogens (tertiary/aromatic N) is 1. The zero-order chi connectivity index (χ0) is 29.3. The number of aromatic carboxylic acids is 1. The van der Waals surface area contributed by atoms with Gasteiger partial charge in [-0.2, -0.15) is 0 Å². The number of carboxylic acids is 1. The molecule has 0 fully saturated rings. The number of hydrogen-bond acceptors (Lipinski definition) is 4. The van der Waals surface area contributed by atoms with Crippen LogP contribution in [0.25, 0.3) is 16.6 Å². The Morgan fingerprint density at radius 3 is 2.27 bits per heavy atom. The molecule has 210 valence electrons. The fourth-order valence-corrected chi connectivity index (χ4v) is 6.32. The molecule has 8 heteroatoms. The van der Waals surface area contributed by atoms with Crippen LogP contribution < -0.4 is 4.74 Å². The van der Waals surface area contributed by atoms with Crippen molar-refractivity contribution >= 4 is 26.7 Å². The highest BCUT2D eigenvalue weighted by atomic mass is 32.2. The highest BCUT2D eigenvalue weighted by molar-refractivity contribution is 7.92. The van der Waals surface area contributed by atoms with Gasteiger partial charge in [0.1, 0.15) is 23.2 Å². The van der Waals surface area contributed by atoms with E-state index in [0.29, 0.717) is 33.5 Å². The summed E-state index contributed by atoms with van der Waals surface area (Å²) in [5.41, 5.74) is 3.88. The van der Waals surface area contributed by atoms with Crippen molar-refractivity contribution in [2.24, 2.45) is 0 Å². The first kappa shape index (κ1) is 28.1. The van der Waals surface area contributed by atoms with Gasteiger partial charge in [-0.1, -0.05) is 48.5 Å². The minimum absolute atomic E-state index is 0.103. The van der Waals surface area contributed by atoms with Gasteiger partial charge in [0.2, 0.25) is 0 Å². The number of benzene rings is 4. The quantitative estimate of drug-likeness (QED) is 0.203. The lowest BCUT2D eigenvalue weighted by Crippen LogP contribution is -2.19. The maximum Gasteiger partial charge on any atom is 0.335 e. The van der Waals surface area contributed by atoms with Gasteiger partial charge in [0.25, 0.3) is 0 Å². The van der Waals surface area contributed by atoms with E-state index in [1.165, 1.54) is 18.2 Å². The molecule has 0 atom stereocenters. The summed E-state index contributed by atoms with van der Waals surface area (Å²) in [7, 11) is -3.88. The Kier molecular flexibility index (Phi) is 7.69. The summed E-state index contributed by atoms with van der Waals surface area (Å²) in [5.74, 6) is -0.912. The highest BCUT2D eigenvalue weighted by Crippen LogP contribution is 2.41. The molecule has 0 aliphatic heterocycles. The molecule has 0 aliphatic rings. The largest absolute Gasteiger partial charge is 0.488 e. The Morgan fingerprint density at radius 2 is 1.63 bits per heavy atom. The van der Waals surface area contributed by atoms with Gasteiger partial charge < -0.3 is 9.84 Å². The lowest BCUT2D eigenvalue weighted by atomic mass is 10.0. The number of fused-ring (bicyclic) bond motifs is 1. The lowest BCUT2D eigenvalue weighted by molar-refractivity contribution is 0.0697. The Morgan fingerprint density at radius 1 is 0.927 bits per heavy atom. The number of carboxylic acid groups (broad SMARTS) is 1. The maximum absolute atomic E-state index is 14.3. The second kappa shape index (κ2) is 11.2. The van der Waals surface area contributed by atoms with Gasteiger partial charge in [-0.05, 0) is 79.9 Å². The van der Waals surface area contributed by atoms with Gasteiger partial charge in [0.15, 0.2) is 9.84 Å². The summed E-state index contributed by atoms with van der Waals surface area (Å²) in [6.45, 7) is 5.18. The molecule has 0 spiro atoms. The molecule has 5 rings (SSSR count). The first-order valence-electron chi connectivity index (χ1n) is 13.2. The van der Waals surface area contributed by atoms with Crippen LogP contribution in [0.5, 0.6) is 5.75 Å². The van der Waals surface area contributed by atoms with Crippen molar-refractivity contribution in [3.05, 3.63) is 125 Å². The molecular weight excluding hydrogens is 541 g/mol. The first-order valence-corrected chi connectivity index (χ1v) is 14.8. The topological polar surface area (TPSA) is 85.6 Å². The van der Waals surface area contributed by atoms with Gasteiger partial charge >= 0.3 is 5.97 Å². The molecule has 1 aromatic heterocycles. The molecule has 0 saturated heterocycles. The average molecular weight is 572 g/mol. The van der Waals surface area contributed by atoms with E-state index in [9.17, 15) is 22.7 Å². The number of sulfone groups is 1. The van der Waals surface area contributed by atoms with Crippen LogP contribution in [0.2, 0.25) is 0 Å².